The number of nitrogens with zero attached hydrogens (tertiary/aromatic N) is 3. The van der Waals surface area contributed by atoms with Crippen LogP contribution >= 0.6 is 0 Å². The largest absolute Gasteiger partial charge is 0.388 e. The second-order valence-corrected chi connectivity index (χ2v) is 5.02. The highest BCUT2D eigenvalue weighted by atomic mass is 16.3. The minimum atomic E-state index is -0.569. The molecule has 0 radical (unpaired) electrons. The van der Waals surface area contributed by atoms with Gasteiger partial charge in [-0.2, -0.15) is 4.98 Å². The molecular formula is C12H20N4O. The SMILES string of the molecule is Cc1cnc(N)nc1N(C)CC1(O)CCCC1. The lowest BCUT2D eigenvalue weighted by Crippen LogP contribution is -2.39. The lowest BCUT2D eigenvalue weighted by atomic mass is 10.0. The summed E-state index contributed by atoms with van der Waals surface area (Å²) < 4.78 is 0. The minimum absolute atomic E-state index is 0.274. The second-order valence-electron chi connectivity index (χ2n) is 5.02. The molecule has 1 aliphatic rings. The third-order valence-electron chi connectivity index (χ3n) is 3.39. The third kappa shape index (κ3) is 2.66. The number of nitrogens with two attached hydrogens (primary N) is 1. The van der Waals surface area contributed by atoms with Gasteiger partial charge in [-0.3, -0.25) is 0 Å². The minimum Gasteiger partial charge on any atom is -0.388 e. The van der Waals surface area contributed by atoms with Gasteiger partial charge in [0.25, 0.3) is 0 Å². The molecule has 0 spiro atoms. The Hall–Kier alpha value is -1.36. The Morgan fingerprint density at radius 2 is 2.12 bits per heavy atom. The second kappa shape index (κ2) is 4.49. The summed E-state index contributed by atoms with van der Waals surface area (Å²) >= 11 is 0. The van der Waals surface area contributed by atoms with Gasteiger partial charge in [0.05, 0.1) is 5.60 Å². The van der Waals surface area contributed by atoms with E-state index >= 15 is 0 Å². The van der Waals surface area contributed by atoms with E-state index in [-0.39, 0.29) is 5.95 Å². The average Bonchev–Trinajstić information content (AvgIpc) is 2.68. The highest BCUT2D eigenvalue weighted by Gasteiger charge is 2.32. The van der Waals surface area contributed by atoms with Crippen molar-refractivity contribution in [2.24, 2.45) is 0 Å². The van der Waals surface area contributed by atoms with Gasteiger partial charge in [-0.25, -0.2) is 4.98 Å². The molecule has 1 saturated carbocycles. The van der Waals surface area contributed by atoms with Gasteiger partial charge in [0.2, 0.25) is 5.95 Å². The van der Waals surface area contributed by atoms with E-state index in [4.69, 9.17) is 5.73 Å². The highest BCUT2D eigenvalue weighted by molar-refractivity contribution is 5.47. The summed E-state index contributed by atoms with van der Waals surface area (Å²) in [6.45, 7) is 2.55. The number of nitrogen functional groups attached to an aromatic ring is 1. The van der Waals surface area contributed by atoms with Crippen LogP contribution in [0.5, 0.6) is 0 Å². The van der Waals surface area contributed by atoms with E-state index in [0.29, 0.717) is 6.54 Å². The predicted molar refractivity (Wildman–Crippen MR) is 67.9 cm³/mol. The Morgan fingerprint density at radius 3 is 2.76 bits per heavy atom. The number of hydrogen-bond acceptors (Lipinski definition) is 5. The molecule has 0 aromatic carbocycles. The Morgan fingerprint density at radius 1 is 1.47 bits per heavy atom. The number of anilines is 2. The molecule has 1 aromatic heterocycles. The molecule has 5 nitrogen and oxygen atoms in total. The molecule has 5 heteroatoms. The molecule has 17 heavy (non-hydrogen) atoms. The number of rotatable bonds is 3. The number of aromatic nitrogens is 2. The van der Waals surface area contributed by atoms with Crippen molar-refractivity contribution in [3.8, 4) is 0 Å². The van der Waals surface area contributed by atoms with Crippen molar-refractivity contribution in [3.05, 3.63) is 11.8 Å². The van der Waals surface area contributed by atoms with E-state index in [1.807, 2.05) is 18.9 Å². The molecule has 1 heterocycles. The molecule has 0 atom stereocenters. The van der Waals surface area contributed by atoms with Crippen molar-refractivity contribution in [2.45, 2.75) is 38.2 Å². The topological polar surface area (TPSA) is 75.3 Å². The van der Waals surface area contributed by atoms with Crippen molar-refractivity contribution in [1.82, 2.24) is 9.97 Å². The van der Waals surface area contributed by atoms with Crippen LogP contribution < -0.4 is 10.6 Å². The summed E-state index contributed by atoms with van der Waals surface area (Å²) in [4.78, 5) is 10.1. The number of aryl methyl sites for hydroxylation is 1. The first kappa shape index (κ1) is 12.1. The summed E-state index contributed by atoms with van der Waals surface area (Å²) in [6, 6.07) is 0. The smallest absolute Gasteiger partial charge is 0.221 e. The average molecular weight is 236 g/mol. The van der Waals surface area contributed by atoms with Crippen LogP contribution in [0.2, 0.25) is 0 Å². The Kier molecular flexibility index (Phi) is 3.19. The van der Waals surface area contributed by atoms with Crippen molar-refractivity contribution in [1.29, 1.82) is 0 Å². The summed E-state index contributed by atoms with van der Waals surface area (Å²) in [6.07, 6.45) is 5.67. The van der Waals surface area contributed by atoms with E-state index in [1.54, 1.807) is 6.20 Å². The van der Waals surface area contributed by atoms with Gasteiger partial charge >= 0.3 is 0 Å². The first-order valence-electron chi connectivity index (χ1n) is 6.03. The molecule has 0 bridgehead atoms. The van der Waals surface area contributed by atoms with E-state index in [1.165, 1.54) is 0 Å². The maximum absolute atomic E-state index is 10.4. The van der Waals surface area contributed by atoms with E-state index < -0.39 is 5.60 Å². The van der Waals surface area contributed by atoms with Crippen LogP contribution in [0.3, 0.4) is 0 Å². The fourth-order valence-corrected chi connectivity index (χ4v) is 2.54. The van der Waals surface area contributed by atoms with Crippen LogP contribution in [0.1, 0.15) is 31.2 Å². The first-order valence-corrected chi connectivity index (χ1v) is 6.03. The molecule has 1 aliphatic carbocycles. The van der Waals surface area contributed by atoms with Crippen LogP contribution in [0, 0.1) is 6.92 Å². The quantitative estimate of drug-likeness (QED) is 0.822. The maximum Gasteiger partial charge on any atom is 0.221 e. The zero-order valence-electron chi connectivity index (χ0n) is 10.5. The Labute approximate surface area is 102 Å². The van der Waals surface area contributed by atoms with Crippen molar-refractivity contribution >= 4 is 11.8 Å². The fraction of sp³-hybridized carbons (Fsp3) is 0.667. The number of aliphatic hydroxyl groups is 1. The Balaban J connectivity index is 2.13. The van der Waals surface area contributed by atoms with Crippen LogP contribution in [0.15, 0.2) is 6.20 Å². The van der Waals surface area contributed by atoms with Crippen LogP contribution in [-0.2, 0) is 0 Å². The fourth-order valence-electron chi connectivity index (χ4n) is 2.54. The molecule has 0 unspecified atom stereocenters. The molecule has 3 N–H and O–H groups in total. The van der Waals surface area contributed by atoms with E-state index in [0.717, 1.165) is 37.1 Å². The molecule has 94 valence electrons. The third-order valence-corrected chi connectivity index (χ3v) is 3.39. The predicted octanol–water partition coefficient (Wildman–Crippen LogP) is 1.11. The van der Waals surface area contributed by atoms with Crippen LogP contribution in [0.4, 0.5) is 11.8 Å². The summed E-state index contributed by atoms with van der Waals surface area (Å²) in [5, 5.41) is 10.4. The van der Waals surface area contributed by atoms with Crippen molar-refractivity contribution in [3.63, 3.8) is 0 Å². The summed E-state index contributed by atoms with van der Waals surface area (Å²) in [7, 11) is 1.94. The van der Waals surface area contributed by atoms with Crippen LogP contribution in [-0.4, -0.2) is 34.3 Å². The Bertz CT molecular complexity index is 401. The molecule has 1 fully saturated rings. The maximum atomic E-state index is 10.4. The summed E-state index contributed by atoms with van der Waals surface area (Å²) in [5.41, 5.74) is 6.00. The molecule has 0 aliphatic heterocycles. The van der Waals surface area contributed by atoms with Gasteiger partial charge in [-0.05, 0) is 19.8 Å². The highest BCUT2D eigenvalue weighted by Crippen LogP contribution is 2.31. The van der Waals surface area contributed by atoms with Crippen LogP contribution in [0.25, 0.3) is 0 Å². The molecule has 2 rings (SSSR count). The lowest BCUT2D eigenvalue weighted by molar-refractivity contribution is 0.0558. The van der Waals surface area contributed by atoms with Gasteiger partial charge in [0.15, 0.2) is 0 Å². The van der Waals surface area contributed by atoms with E-state index in [9.17, 15) is 5.11 Å². The number of likely N-dealkylation sites (N-methyl/N-ethyl adjacent to an activating group) is 1. The normalized spacial score (nSPS) is 18.3. The van der Waals surface area contributed by atoms with Gasteiger partial charge in [0, 0.05) is 25.4 Å². The zero-order valence-corrected chi connectivity index (χ0v) is 10.5. The molecule has 0 amide bonds. The van der Waals surface area contributed by atoms with Gasteiger partial charge < -0.3 is 15.7 Å². The number of hydrogen-bond donors (Lipinski definition) is 2. The lowest BCUT2D eigenvalue weighted by Gasteiger charge is -2.30. The zero-order chi connectivity index (χ0) is 12.5. The molecule has 0 saturated heterocycles. The molecular weight excluding hydrogens is 216 g/mol. The molecule has 1 aromatic rings. The van der Waals surface area contributed by atoms with Crippen molar-refractivity contribution in [2.75, 3.05) is 24.2 Å². The standard InChI is InChI=1S/C12H20N4O/c1-9-7-14-11(13)15-10(9)16(2)8-12(17)5-3-4-6-12/h7,17H,3-6,8H2,1-2H3,(H2,13,14,15). The van der Waals surface area contributed by atoms with Crippen molar-refractivity contribution < 1.29 is 5.11 Å². The van der Waals surface area contributed by atoms with Gasteiger partial charge in [0.1, 0.15) is 5.82 Å². The van der Waals surface area contributed by atoms with Gasteiger partial charge in [-0.15, -0.1) is 0 Å². The first-order chi connectivity index (χ1) is 8.00. The monoisotopic (exact) mass is 236 g/mol. The van der Waals surface area contributed by atoms with E-state index in [2.05, 4.69) is 9.97 Å². The summed E-state index contributed by atoms with van der Waals surface area (Å²) in [5.74, 6) is 1.08. The van der Waals surface area contributed by atoms with Gasteiger partial charge in [-0.1, -0.05) is 12.8 Å².